The van der Waals surface area contributed by atoms with Crippen LogP contribution in [0.4, 0.5) is 15.9 Å². The molecule has 0 aliphatic carbocycles. The van der Waals surface area contributed by atoms with Gasteiger partial charge < -0.3 is 5.32 Å². The number of aromatic amines is 1. The number of hydrogen-bond donors (Lipinski definition) is 2. The van der Waals surface area contributed by atoms with Crippen molar-refractivity contribution < 1.29 is 4.39 Å². The molecule has 2 aromatic carbocycles. The predicted octanol–water partition coefficient (Wildman–Crippen LogP) is 4.56. The molecule has 0 bridgehead atoms. The Morgan fingerprint density at radius 1 is 1.00 bits per heavy atom. The highest BCUT2D eigenvalue weighted by molar-refractivity contribution is 6.33. The molecule has 24 heavy (non-hydrogen) atoms. The van der Waals surface area contributed by atoms with Gasteiger partial charge in [-0.3, -0.25) is 5.10 Å². The molecule has 5 nitrogen and oxygen atoms in total. The maximum Gasteiger partial charge on any atom is 0.180 e. The molecular formula is C17H11ClFN5. The van der Waals surface area contributed by atoms with Gasteiger partial charge in [-0.1, -0.05) is 41.9 Å². The SMILES string of the molecule is Fc1cccc(-c2ccccc2Cl)c1Nc1n[nH]c2nnccc12. The van der Waals surface area contributed by atoms with E-state index in [0.717, 1.165) is 10.9 Å². The normalized spacial score (nSPS) is 10.9. The van der Waals surface area contributed by atoms with E-state index in [2.05, 4.69) is 25.7 Å². The Labute approximate surface area is 141 Å². The fourth-order valence-corrected chi connectivity index (χ4v) is 2.78. The van der Waals surface area contributed by atoms with Crippen LogP contribution in [0.15, 0.2) is 54.7 Å². The van der Waals surface area contributed by atoms with Crippen molar-refractivity contribution >= 4 is 34.1 Å². The minimum Gasteiger partial charge on any atom is -0.335 e. The summed E-state index contributed by atoms with van der Waals surface area (Å²) < 4.78 is 14.5. The van der Waals surface area contributed by atoms with Gasteiger partial charge in [-0.05, 0) is 18.2 Å². The first kappa shape index (κ1) is 14.6. The largest absolute Gasteiger partial charge is 0.335 e. The number of halogens is 2. The number of benzene rings is 2. The maximum atomic E-state index is 14.5. The van der Waals surface area contributed by atoms with Crippen molar-refractivity contribution in [1.82, 2.24) is 20.4 Å². The molecule has 0 saturated heterocycles. The molecule has 4 rings (SSSR count). The van der Waals surface area contributed by atoms with Gasteiger partial charge in [-0.2, -0.15) is 10.2 Å². The molecule has 0 unspecified atom stereocenters. The number of aromatic nitrogens is 4. The maximum absolute atomic E-state index is 14.5. The quantitative estimate of drug-likeness (QED) is 0.574. The van der Waals surface area contributed by atoms with E-state index in [4.69, 9.17) is 11.6 Å². The Hall–Kier alpha value is -2.99. The summed E-state index contributed by atoms with van der Waals surface area (Å²) in [5.74, 6) is 0.0730. The lowest BCUT2D eigenvalue weighted by Gasteiger charge is -2.13. The van der Waals surface area contributed by atoms with Gasteiger partial charge in [0.1, 0.15) is 5.82 Å². The summed E-state index contributed by atoms with van der Waals surface area (Å²) in [5, 5.41) is 19.0. The van der Waals surface area contributed by atoms with Crippen LogP contribution in [-0.2, 0) is 0 Å². The average Bonchev–Trinajstić information content (AvgIpc) is 3.01. The van der Waals surface area contributed by atoms with Gasteiger partial charge >= 0.3 is 0 Å². The van der Waals surface area contributed by atoms with Gasteiger partial charge in [-0.15, -0.1) is 5.10 Å². The molecule has 7 heteroatoms. The molecule has 0 aliphatic rings. The number of nitrogens with one attached hydrogen (secondary N) is 2. The number of anilines is 2. The Kier molecular flexibility index (Phi) is 3.59. The number of H-pyrrole nitrogens is 1. The van der Waals surface area contributed by atoms with E-state index in [0.29, 0.717) is 27.7 Å². The standard InChI is InChI=1S/C17H11ClFN5/c18-13-6-2-1-4-10(13)11-5-3-7-14(19)15(11)21-16-12-8-9-20-22-17(12)24-23-16/h1-9H,(H2,21,22,23,24). The molecular weight excluding hydrogens is 329 g/mol. The molecule has 4 aromatic rings. The molecule has 0 spiro atoms. The molecule has 0 fully saturated rings. The zero-order valence-electron chi connectivity index (χ0n) is 12.3. The smallest absolute Gasteiger partial charge is 0.180 e. The number of hydrogen-bond acceptors (Lipinski definition) is 4. The van der Waals surface area contributed by atoms with Crippen molar-refractivity contribution in [1.29, 1.82) is 0 Å². The third-order valence-electron chi connectivity index (χ3n) is 3.67. The summed E-state index contributed by atoms with van der Waals surface area (Å²) >= 11 is 6.27. The summed E-state index contributed by atoms with van der Waals surface area (Å²) in [7, 11) is 0. The lowest BCUT2D eigenvalue weighted by Crippen LogP contribution is -1.98. The Morgan fingerprint density at radius 2 is 1.83 bits per heavy atom. The van der Waals surface area contributed by atoms with Crippen LogP contribution in [0.25, 0.3) is 22.2 Å². The topological polar surface area (TPSA) is 66.5 Å². The van der Waals surface area contributed by atoms with Crippen molar-refractivity contribution in [3.05, 3.63) is 65.6 Å². The first-order valence-electron chi connectivity index (χ1n) is 7.20. The van der Waals surface area contributed by atoms with Crippen LogP contribution in [0.1, 0.15) is 0 Å². The highest BCUT2D eigenvalue weighted by Crippen LogP contribution is 2.36. The van der Waals surface area contributed by atoms with E-state index < -0.39 is 5.82 Å². The molecule has 0 aliphatic heterocycles. The predicted molar refractivity (Wildman–Crippen MR) is 91.8 cm³/mol. The molecule has 0 saturated carbocycles. The fraction of sp³-hybridized carbons (Fsp3) is 0. The fourth-order valence-electron chi connectivity index (χ4n) is 2.54. The zero-order valence-corrected chi connectivity index (χ0v) is 13.0. The lowest BCUT2D eigenvalue weighted by molar-refractivity contribution is 0.632. The molecule has 2 aromatic heterocycles. The first-order valence-corrected chi connectivity index (χ1v) is 7.58. The highest BCUT2D eigenvalue weighted by Gasteiger charge is 2.15. The third kappa shape index (κ3) is 2.47. The van der Waals surface area contributed by atoms with Crippen LogP contribution < -0.4 is 5.32 Å². The Morgan fingerprint density at radius 3 is 2.71 bits per heavy atom. The monoisotopic (exact) mass is 339 g/mol. The first-order chi connectivity index (χ1) is 11.7. The second-order valence-electron chi connectivity index (χ2n) is 5.13. The molecule has 0 radical (unpaired) electrons. The van der Waals surface area contributed by atoms with Gasteiger partial charge in [0.25, 0.3) is 0 Å². The molecule has 0 atom stereocenters. The lowest BCUT2D eigenvalue weighted by atomic mass is 10.0. The third-order valence-corrected chi connectivity index (χ3v) is 4.00. The van der Waals surface area contributed by atoms with Crippen LogP contribution in [-0.4, -0.2) is 20.4 Å². The van der Waals surface area contributed by atoms with Crippen molar-refractivity contribution in [2.24, 2.45) is 0 Å². The van der Waals surface area contributed by atoms with Crippen LogP contribution in [0.2, 0.25) is 5.02 Å². The van der Waals surface area contributed by atoms with E-state index in [1.165, 1.54) is 6.07 Å². The van der Waals surface area contributed by atoms with E-state index in [1.54, 1.807) is 30.5 Å². The molecule has 2 heterocycles. The van der Waals surface area contributed by atoms with Gasteiger partial charge in [0.2, 0.25) is 0 Å². The van der Waals surface area contributed by atoms with Crippen molar-refractivity contribution in [2.45, 2.75) is 0 Å². The van der Waals surface area contributed by atoms with Gasteiger partial charge in [0.05, 0.1) is 17.3 Å². The summed E-state index contributed by atoms with van der Waals surface area (Å²) in [6.45, 7) is 0. The van der Waals surface area contributed by atoms with Crippen LogP contribution in [0.5, 0.6) is 0 Å². The Balaban J connectivity index is 1.85. The van der Waals surface area contributed by atoms with Crippen LogP contribution >= 0.6 is 11.6 Å². The van der Waals surface area contributed by atoms with E-state index in [-0.39, 0.29) is 0 Å². The van der Waals surface area contributed by atoms with Crippen molar-refractivity contribution in [3.8, 4) is 11.1 Å². The minimum atomic E-state index is -0.398. The highest BCUT2D eigenvalue weighted by atomic mass is 35.5. The van der Waals surface area contributed by atoms with Crippen LogP contribution in [0, 0.1) is 5.82 Å². The van der Waals surface area contributed by atoms with E-state index in [1.807, 2.05) is 18.2 Å². The summed E-state index contributed by atoms with van der Waals surface area (Å²) in [5.41, 5.74) is 2.21. The number of rotatable bonds is 3. The van der Waals surface area contributed by atoms with Crippen LogP contribution in [0.3, 0.4) is 0 Å². The number of para-hydroxylation sites is 1. The van der Waals surface area contributed by atoms with Gasteiger partial charge in [0, 0.05) is 16.1 Å². The number of nitrogens with zero attached hydrogens (tertiary/aromatic N) is 3. The van der Waals surface area contributed by atoms with Crippen molar-refractivity contribution in [2.75, 3.05) is 5.32 Å². The molecule has 0 amide bonds. The summed E-state index contributed by atoms with van der Waals surface area (Å²) in [6, 6.07) is 13.9. The second kappa shape index (κ2) is 5.90. The van der Waals surface area contributed by atoms with E-state index in [9.17, 15) is 4.39 Å². The second-order valence-corrected chi connectivity index (χ2v) is 5.54. The van der Waals surface area contributed by atoms with Crippen molar-refractivity contribution in [3.63, 3.8) is 0 Å². The number of fused-ring (bicyclic) bond motifs is 1. The van der Waals surface area contributed by atoms with E-state index >= 15 is 0 Å². The average molecular weight is 340 g/mol. The summed E-state index contributed by atoms with van der Waals surface area (Å²) in [6.07, 6.45) is 1.55. The molecule has 2 N–H and O–H groups in total. The van der Waals surface area contributed by atoms with Gasteiger partial charge in [0.15, 0.2) is 11.5 Å². The zero-order chi connectivity index (χ0) is 16.5. The Bertz CT molecular complexity index is 1030. The molecule has 118 valence electrons. The minimum absolute atomic E-state index is 0.302. The summed E-state index contributed by atoms with van der Waals surface area (Å²) in [4.78, 5) is 0. The van der Waals surface area contributed by atoms with Gasteiger partial charge in [-0.25, -0.2) is 4.39 Å².